The Hall–Kier alpha value is -2.36. The molecule has 1 amide bonds. The summed E-state index contributed by atoms with van der Waals surface area (Å²) in [5.74, 6) is 0.675. The molecule has 4 nitrogen and oxygen atoms in total. The van der Waals surface area contributed by atoms with Gasteiger partial charge in [0.05, 0.1) is 11.9 Å². The van der Waals surface area contributed by atoms with Gasteiger partial charge in [-0.1, -0.05) is 17.7 Å². The van der Waals surface area contributed by atoms with Crippen LogP contribution in [0.25, 0.3) is 0 Å². The highest BCUT2D eigenvalue weighted by atomic mass is 16.1. The second-order valence-electron chi connectivity index (χ2n) is 5.05. The molecule has 1 aromatic carbocycles. The van der Waals surface area contributed by atoms with E-state index in [9.17, 15) is 4.79 Å². The van der Waals surface area contributed by atoms with Crippen molar-refractivity contribution < 1.29 is 4.79 Å². The Morgan fingerprint density at radius 3 is 2.60 bits per heavy atom. The molecule has 0 unspecified atom stereocenters. The molecule has 0 radical (unpaired) electrons. The van der Waals surface area contributed by atoms with Gasteiger partial charge in [-0.25, -0.2) is 4.98 Å². The van der Waals surface area contributed by atoms with E-state index in [-0.39, 0.29) is 5.91 Å². The van der Waals surface area contributed by atoms with Crippen LogP contribution in [0.2, 0.25) is 0 Å². The Kier molecular flexibility index (Phi) is 4.35. The second kappa shape index (κ2) is 6.19. The number of nitrogens with one attached hydrogen (secondary N) is 2. The van der Waals surface area contributed by atoms with Crippen LogP contribution in [-0.4, -0.2) is 16.9 Å². The predicted octanol–water partition coefficient (Wildman–Crippen LogP) is 3.46. The van der Waals surface area contributed by atoms with Crippen molar-refractivity contribution in [2.24, 2.45) is 0 Å². The fraction of sp³-hybridized carbons (Fsp3) is 0.250. The number of aryl methyl sites for hydroxylation is 1. The maximum absolute atomic E-state index is 12.1. The lowest BCUT2D eigenvalue weighted by molar-refractivity contribution is 0.102. The van der Waals surface area contributed by atoms with Crippen molar-refractivity contribution in [3.05, 3.63) is 53.7 Å². The van der Waals surface area contributed by atoms with Gasteiger partial charge < -0.3 is 10.6 Å². The molecule has 0 aliphatic rings. The Labute approximate surface area is 119 Å². The number of hydrogen-bond acceptors (Lipinski definition) is 3. The molecule has 1 aromatic heterocycles. The summed E-state index contributed by atoms with van der Waals surface area (Å²) in [7, 11) is 0. The standard InChI is InChI=1S/C16H19N3O/c1-11(2)18-15-8-7-14(10-17-15)19-16(20)13-6-4-5-12(3)9-13/h4-11H,1-3H3,(H,17,18)(H,19,20). The molecule has 1 heterocycles. The Morgan fingerprint density at radius 1 is 1.20 bits per heavy atom. The van der Waals surface area contributed by atoms with E-state index in [1.54, 1.807) is 12.3 Å². The van der Waals surface area contributed by atoms with E-state index in [1.807, 2.05) is 37.3 Å². The highest BCUT2D eigenvalue weighted by Crippen LogP contribution is 2.12. The zero-order chi connectivity index (χ0) is 14.5. The second-order valence-corrected chi connectivity index (χ2v) is 5.05. The predicted molar refractivity (Wildman–Crippen MR) is 82.1 cm³/mol. The Balaban J connectivity index is 2.04. The van der Waals surface area contributed by atoms with Gasteiger partial charge in [-0.05, 0) is 45.0 Å². The average Bonchev–Trinajstić information content (AvgIpc) is 2.40. The summed E-state index contributed by atoms with van der Waals surface area (Å²) >= 11 is 0. The van der Waals surface area contributed by atoms with Crippen molar-refractivity contribution in [3.8, 4) is 0 Å². The minimum Gasteiger partial charge on any atom is -0.368 e. The number of carbonyl (C=O) groups is 1. The smallest absolute Gasteiger partial charge is 0.255 e. The molecule has 0 aliphatic heterocycles. The first kappa shape index (κ1) is 14.1. The molecule has 4 heteroatoms. The highest BCUT2D eigenvalue weighted by Gasteiger charge is 2.06. The third-order valence-corrected chi connectivity index (χ3v) is 2.74. The zero-order valence-corrected chi connectivity index (χ0v) is 12.0. The minimum absolute atomic E-state index is 0.125. The van der Waals surface area contributed by atoms with Crippen LogP contribution in [0.4, 0.5) is 11.5 Å². The number of rotatable bonds is 4. The Morgan fingerprint density at radius 2 is 2.00 bits per heavy atom. The fourth-order valence-corrected chi connectivity index (χ4v) is 1.84. The number of amides is 1. The van der Waals surface area contributed by atoms with Crippen molar-refractivity contribution >= 4 is 17.4 Å². The van der Waals surface area contributed by atoms with Gasteiger partial charge in [0.25, 0.3) is 5.91 Å². The van der Waals surface area contributed by atoms with E-state index in [4.69, 9.17) is 0 Å². The summed E-state index contributed by atoms with van der Waals surface area (Å²) in [4.78, 5) is 16.3. The van der Waals surface area contributed by atoms with E-state index in [0.29, 0.717) is 17.3 Å². The van der Waals surface area contributed by atoms with Crippen molar-refractivity contribution in [2.45, 2.75) is 26.8 Å². The number of pyridine rings is 1. The normalized spacial score (nSPS) is 10.4. The van der Waals surface area contributed by atoms with Crippen molar-refractivity contribution in [3.63, 3.8) is 0 Å². The quantitative estimate of drug-likeness (QED) is 0.893. The molecule has 0 bridgehead atoms. The average molecular weight is 269 g/mol. The minimum atomic E-state index is -0.125. The maximum Gasteiger partial charge on any atom is 0.255 e. The van der Waals surface area contributed by atoms with Gasteiger partial charge in [-0.3, -0.25) is 4.79 Å². The first-order valence-electron chi connectivity index (χ1n) is 6.65. The SMILES string of the molecule is Cc1cccc(C(=O)Nc2ccc(NC(C)C)nc2)c1. The van der Waals surface area contributed by atoms with Gasteiger partial charge in [0.1, 0.15) is 5.82 Å². The number of carbonyl (C=O) groups excluding carboxylic acids is 1. The molecular weight excluding hydrogens is 250 g/mol. The van der Waals surface area contributed by atoms with E-state index in [1.165, 1.54) is 0 Å². The van der Waals surface area contributed by atoms with Crippen molar-refractivity contribution in [1.82, 2.24) is 4.98 Å². The van der Waals surface area contributed by atoms with Crippen LogP contribution in [0.1, 0.15) is 29.8 Å². The van der Waals surface area contributed by atoms with Crippen LogP contribution in [0.15, 0.2) is 42.6 Å². The van der Waals surface area contributed by atoms with Gasteiger partial charge in [0.15, 0.2) is 0 Å². The summed E-state index contributed by atoms with van der Waals surface area (Å²) in [5, 5.41) is 6.04. The molecule has 20 heavy (non-hydrogen) atoms. The molecule has 104 valence electrons. The fourth-order valence-electron chi connectivity index (χ4n) is 1.84. The monoisotopic (exact) mass is 269 g/mol. The molecule has 0 fully saturated rings. The topological polar surface area (TPSA) is 54.0 Å². The lowest BCUT2D eigenvalue weighted by Gasteiger charge is -2.10. The number of hydrogen-bond donors (Lipinski definition) is 2. The van der Waals surface area contributed by atoms with E-state index in [2.05, 4.69) is 29.5 Å². The molecule has 2 N–H and O–H groups in total. The molecule has 0 aliphatic carbocycles. The highest BCUT2D eigenvalue weighted by molar-refractivity contribution is 6.04. The summed E-state index contributed by atoms with van der Waals surface area (Å²) in [6.45, 7) is 6.06. The van der Waals surface area contributed by atoms with E-state index < -0.39 is 0 Å². The van der Waals surface area contributed by atoms with Crippen LogP contribution in [-0.2, 0) is 0 Å². The lowest BCUT2D eigenvalue weighted by Crippen LogP contribution is -2.13. The summed E-state index contributed by atoms with van der Waals surface area (Å²) < 4.78 is 0. The van der Waals surface area contributed by atoms with Crippen LogP contribution >= 0.6 is 0 Å². The van der Waals surface area contributed by atoms with Gasteiger partial charge in [-0.2, -0.15) is 0 Å². The number of nitrogens with zero attached hydrogens (tertiary/aromatic N) is 1. The summed E-state index contributed by atoms with van der Waals surface area (Å²) in [5.41, 5.74) is 2.40. The van der Waals surface area contributed by atoms with Gasteiger partial charge in [-0.15, -0.1) is 0 Å². The molecule has 0 saturated carbocycles. The number of aromatic nitrogens is 1. The van der Waals surface area contributed by atoms with Gasteiger partial charge in [0.2, 0.25) is 0 Å². The van der Waals surface area contributed by atoms with Crippen molar-refractivity contribution in [1.29, 1.82) is 0 Å². The number of benzene rings is 1. The molecule has 0 atom stereocenters. The van der Waals surface area contributed by atoms with E-state index >= 15 is 0 Å². The number of anilines is 2. The molecule has 0 saturated heterocycles. The first-order valence-corrected chi connectivity index (χ1v) is 6.65. The Bertz CT molecular complexity index is 591. The largest absolute Gasteiger partial charge is 0.368 e. The van der Waals surface area contributed by atoms with Crippen LogP contribution in [0.3, 0.4) is 0 Å². The molecule has 2 aromatic rings. The van der Waals surface area contributed by atoms with Gasteiger partial charge >= 0.3 is 0 Å². The van der Waals surface area contributed by atoms with Gasteiger partial charge in [0, 0.05) is 11.6 Å². The van der Waals surface area contributed by atoms with Crippen LogP contribution in [0, 0.1) is 6.92 Å². The third kappa shape index (κ3) is 3.82. The summed E-state index contributed by atoms with van der Waals surface area (Å²) in [6.07, 6.45) is 1.65. The summed E-state index contributed by atoms with van der Waals surface area (Å²) in [6, 6.07) is 11.5. The van der Waals surface area contributed by atoms with E-state index in [0.717, 1.165) is 11.4 Å². The van der Waals surface area contributed by atoms with Crippen LogP contribution in [0.5, 0.6) is 0 Å². The molecule has 2 rings (SSSR count). The lowest BCUT2D eigenvalue weighted by atomic mass is 10.1. The van der Waals surface area contributed by atoms with Crippen LogP contribution < -0.4 is 10.6 Å². The third-order valence-electron chi connectivity index (χ3n) is 2.74. The molecular formula is C16H19N3O. The maximum atomic E-state index is 12.1. The molecule has 0 spiro atoms. The van der Waals surface area contributed by atoms with Crippen molar-refractivity contribution in [2.75, 3.05) is 10.6 Å². The first-order chi connectivity index (χ1) is 9.54. The zero-order valence-electron chi connectivity index (χ0n) is 12.0.